The molecule has 1 aliphatic rings. The van der Waals surface area contributed by atoms with E-state index in [0.29, 0.717) is 29.9 Å². The zero-order valence-electron chi connectivity index (χ0n) is 15.8. The van der Waals surface area contributed by atoms with Gasteiger partial charge in [0.1, 0.15) is 0 Å². The van der Waals surface area contributed by atoms with Gasteiger partial charge in [0, 0.05) is 13.1 Å². The first-order chi connectivity index (χ1) is 12.6. The summed E-state index contributed by atoms with van der Waals surface area (Å²) in [6.07, 6.45) is 2.83. The van der Waals surface area contributed by atoms with E-state index in [1.54, 1.807) is 4.68 Å². The number of carbonyl (C=O) groups is 1. The Labute approximate surface area is 155 Å². The summed E-state index contributed by atoms with van der Waals surface area (Å²) in [5, 5.41) is 7.76. The van der Waals surface area contributed by atoms with Gasteiger partial charge in [-0.2, -0.15) is 5.10 Å². The van der Waals surface area contributed by atoms with Crippen LogP contribution in [0.4, 0.5) is 0 Å². The van der Waals surface area contributed by atoms with E-state index in [1.165, 1.54) is 0 Å². The lowest BCUT2D eigenvalue weighted by atomic mass is 10.1. The quantitative estimate of drug-likeness (QED) is 0.828. The van der Waals surface area contributed by atoms with E-state index >= 15 is 0 Å². The fraction of sp³-hybridized carbons (Fsp3) is 0.500. The molecule has 3 rings (SSSR count). The van der Waals surface area contributed by atoms with Crippen LogP contribution in [0, 0.1) is 11.8 Å². The highest BCUT2D eigenvalue weighted by Crippen LogP contribution is 2.25. The number of nitrogens with zero attached hydrogens (tertiary/aromatic N) is 3. The first kappa shape index (κ1) is 18.5. The molecule has 0 spiro atoms. The standard InChI is InChI=1S/C20H28N4O2/c1-15(2)14-26-18-13-24(17-7-5-4-6-8-17)22-19(18)20(25)23-10-9-16(12-23)11-21-3/h4-8,13,15-16,21H,9-12,14H2,1-3H3. The predicted octanol–water partition coefficient (Wildman–Crippen LogP) is 2.59. The highest BCUT2D eigenvalue weighted by atomic mass is 16.5. The van der Waals surface area contributed by atoms with Gasteiger partial charge in [-0.3, -0.25) is 4.79 Å². The number of para-hydroxylation sites is 1. The topological polar surface area (TPSA) is 59.4 Å². The van der Waals surface area contributed by atoms with Crippen LogP contribution in [-0.2, 0) is 0 Å². The van der Waals surface area contributed by atoms with E-state index in [4.69, 9.17) is 4.74 Å². The zero-order valence-corrected chi connectivity index (χ0v) is 15.8. The summed E-state index contributed by atoms with van der Waals surface area (Å²) in [5.74, 6) is 1.40. The molecule has 2 aromatic rings. The third-order valence-electron chi connectivity index (χ3n) is 4.54. The van der Waals surface area contributed by atoms with E-state index in [2.05, 4.69) is 24.3 Å². The largest absolute Gasteiger partial charge is 0.489 e. The first-order valence-electron chi connectivity index (χ1n) is 9.30. The number of rotatable bonds is 7. The molecule has 1 atom stereocenters. The van der Waals surface area contributed by atoms with E-state index in [0.717, 1.165) is 31.7 Å². The van der Waals surface area contributed by atoms with Gasteiger partial charge in [0.05, 0.1) is 18.5 Å². The summed E-state index contributed by atoms with van der Waals surface area (Å²) in [6.45, 7) is 7.20. The van der Waals surface area contributed by atoms with Crippen LogP contribution in [-0.4, -0.2) is 53.9 Å². The number of nitrogens with one attached hydrogen (secondary N) is 1. The number of hydrogen-bond acceptors (Lipinski definition) is 4. The Bertz CT molecular complexity index is 727. The first-order valence-corrected chi connectivity index (χ1v) is 9.30. The molecule has 2 heterocycles. The lowest BCUT2D eigenvalue weighted by molar-refractivity contribution is 0.0776. The molecule has 0 radical (unpaired) electrons. The van der Waals surface area contributed by atoms with Crippen LogP contribution in [0.3, 0.4) is 0 Å². The monoisotopic (exact) mass is 356 g/mol. The fourth-order valence-corrected chi connectivity index (χ4v) is 3.20. The fourth-order valence-electron chi connectivity index (χ4n) is 3.20. The molecule has 1 fully saturated rings. The molecule has 26 heavy (non-hydrogen) atoms. The minimum absolute atomic E-state index is 0.0444. The Hall–Kier alpha value is -2.34. The molecule has 0 aliphatic carbocycles. The second kappa shape index (κ2) is 8.36. The van der Waals surface area contributed by atoms with E-state index in [1.807, 2.05) is 48.5 Å². The van der Waals surface area contributed by atoms with Crippen molar-refractivity contribution in [2.24, 2.45) is 11.8 Å². The Kier molecular flexibility index (Phi) is 5.93. The molecular weight excluding hydrogens is 328 g/mol. The van der Waals surface area contributed by atoms with Crippen LogP contribution in [0.1, 0.15) is 30.8 Å². The maximum Gasteiger partial charge on any atom is 0.278 e. The molecule has 1 aromatic heterocycles. The Balaban J connectivity index is 1.84. The van der Waals surface area contributed by atoms with Crippen molar-refractivity contribution in [1.82, 2.24) is 20.0 Å². The summed E-state index contributed by atoms with van der Waals surface area (Å²) >= 11 is 0. The van der Waals surface area contributed by atoms with E-state index in [-0.39, 0.29) is 5.91 Å². The SMILES string of the molecule is CNCC1CCN(C(=O)c2nn(-c3ccccc3)cc2OCC(C)C)C1. The minimum Gasteiger partial charge on any atom is -0.489 e. The summed E-state index contributed by atoms with van der Waals surface area (Å²) < 4.78 is 7.64. The number of hydrogen-bond donors (Lipinski definition) is 1. The van der Waals surface area contributed by atoms with Crippen molar-refractivity contribution in [3.05, 3.63) is 42.2 Å². The smallest absolute Gasteiger partial charge is 0.278 e. The van der Waals surface area contributed by atoms with Gasteiger partial charge in [-0.25, -0.2) is 4.68 Å². The summed E-state index contributed by atoms with van der Waals surface area (Å²) in [6, 6.07) is 9.80. The highest BCUT2D eigenvalue weighted by molar-refractivity contribution is 5.95. The summed E-state index contributed by atoms with van der Waals surface area (Å²) in [4.78, 5) is 14.9. The van der Waals surface area contributed by atoms with Crippen molar-refractivity contribution >= 4 is 5.91 Å². The van der Waals surface area contributed by atoms with E-state index in [9.17, 15) is 4.79 Å². The van der Waals surface area contributed by atoms with Crippen molar-refractivity contribution in [3.63, 3.8) is 0 Å². The van der Waals surface area contributed by atoms with E-state index < -0.39 is 0 Å². The van der Waals surface area contributed by atoms with Crippen molar-refractivity contribution in [2.75, 3.05) is 33.3 Å². The number of aromatic nitrogens is 2. The molecule has 6 nitrogen and oxygen atoms in total. The van der Waals surface area contributed by atoms with Gasteiger partial charge in [0.2, 0.25) is 0 Å². The molecule has 6 heteroatoms. The lowest BCUT2D eigenvalue weighted by Crippen LogP contribution is -2.31. The van der Waals surface area contributed by atoms with Crippen molar-refractivity contribution in [1.29, 1.82) is 0 Å². The van der Waals surface area contributed by atoms with Crippen LogP contribution >= 0.6 is 0 Å². The Morgan fingerprint density at radius 3 is 2.81 bits per heavy atom. The predicted molar refractivity (Wildman–Crippen MR) is 102 cm³/mol. The molecule has 1 unspecified atom stereocenters. The number of amides is 1. The molecule has 1 N–H and O–H groups in total. The van der Waals surface area contributed by atoms with Gasteiger partial charge in [0.25, 0.3) is 5.91 Å². The average Bonchev–Trinajstić information content (AvgIpc) is 3.27. The molecule has 0 bridgehead atoms. The lowest BCUT2D eigenvalue weighted by Gasteiger charge is -2.16. The number of carbonyl (C=O) groups excluding carboxylic acids is 1. The summed E-state index contributed by atoms with van der Waals surface area (Å²) in [7, 11) is 1.95. The molecular formula is C20H28N4O2. The number of ether oxygens (including phenoxy) is 1. The van der Waals surface area contributed by atoms with Crippen molar-refractivity contribution in [2.45, 2.75) is 20.3 Å². The third-order valence-corrected chi connectivity index (χ3v) is 4.54. The average molecular weight is 356 g/mol. The highest BCUT2D eigenvalue weighted by Gasteiger charge is 2.30. The maximum absolute atomic E-state index is 13.1. The molecule has 1 aliphatic heterocycles. The second-order valence-corrected chi connectivity index (χ2v) is 7.29. The van der Waals surface area contributed by atoms with Crippen LogP contribution < -0.4 is 10.1 Å². The molecule has 140 valence electrons. The van der Waals surface area contributed by atoms with Gasteiger partial charge in [-0.1, -0.05) is 32.0 Å². The number of benzene rings is 1. The normalized spacial score (nSPS) is 17.1. The molecule has 1 saturated heterocycles. The Morgan fingerprint density at radius 1 is 1.35 bits per heavy atom. The molecule has 0 saturated carbocycles. The Morgan fingerprint density at radius 2 is 2.12 bits per heavy atom. The molecule has 1 aromatic carbocycles. The van der Waals surface area contributed by atoms with Crippen LogP contribution in [0.15, 0.2) is 36.5 Å². The van der Waals surface area contributed by atoms with Gasteiger partial charge in [-0.05, 0) is 44.0 Å². The van der Waals surface area contributed by atoms with Crippen LogP contribution in [0.25, 0.3) is 5.69 Å². The van der Waals surface area contributed by atoms with Gasteiger partial charge >= 0.3 is 0 Å². The van der Waals surface area contributed by atoms with Crippen LogP contribution in [0.5, 0.6) is 5.75 Å². The third kappa shape index (κ3) is 4.25. The van der Waals surface area contributed by atoms with Gasteiger partial charge < -0.3 is 15.0 Å². The number of likely N-dealkylation sites (tertiary alicyclic amines) is 1. The molecule has 1 amide bonds. The van der Waals surface area contributed by atoms with Gasteiger partial charge in [0.15, 0.2) is 11.4 Å². The van der Waals surface area contributed by atoms with Gasteiger partial charge in [-0.15, -0.1) is 0 Å². The zero-order chi connectivity index (χ0) is 18.5. The maximum atomic E-state index is 13.1. The van der Waals surface area contributed by atoms with Crippen LogP contribution in [0.2, 0.25) is 0 Å². The van der Waals surface area contributed by atoms with Crippen molar-refractivity contribution in [3.8, 4) is 11.4 Å². The van der Waals surface area contributed by atoms with Crippen molar-refractivity contribution < 1.29 is 9.53 Å². The minimum atomic E-state index is -0.0444. The second-order valence-electron chi connectivity index (χ2n) is 7.29. The summed E-state index contributed by atoms with van der Waals surface area (Å²) in [5.41, 5.74) is 1.31.